The zero-order chi connectivity index (χ0) is 4.71. The zero-order valence-corrected chi connectivity index (χ0v) is 6.71. The third kappa shape index (κ3) is 135. The molecule has 0 aliphatic heterocycles. The fourth-order valence-corrected chi connectivity index (χ4v) is 0. The monoisotopic (exact) mass is 267 g/mol. The minimum Gasteiger partial charge on any atom is -0.346 e. The summed E-state index contributed by atoms with van der Waals surface area (Å²) in [7, 11) is 0. The fourth-order valence-electron chi connectivity index (χ4n) is 0. The molecule has 0 fully saturated rings. The molecule has 0 heterocycles. The molecular formula is C5H12Pt. The van der Waals surface area contributed by atoms with E-state index in [1.165, 1.54) is 0 Å². The van der Waals surface area contributed by atoms with Crippen LogP contribution in [0.15, 0.2) is 0 Å². The molecule has 0 aliphatic rings. The molecule has 0 N–H and O–H groups in total. The molecule has 1 heteroatoms. The first-order chi connectivity index (χ1) is 2.41. The van der Waals surface area contributed by atoms with Gasteiger partial charge in [-0.25, -0.2) is 0 Å². The van der Waals surface area contributed by atoms with Crippen LogP contribution in [0.1, 0.15) is 20.3 Å². The Morgan fingerprint density at radius 1 is 1.33 bits per heavy atom. The molecule has 0 aromatic carbocycles. The molecule has 0 aromatic heterocycles. The summed E-state index contributed by atoms with van der Waals surface area (Å²) in [4.78, 5) is 0. The fraction of sp³-hybridized carbons (Fsp3) is 0.600. The van der Waals surface area contributed by atoms with Gasteiger partial charge in [0.1, 0.15) is 0 Å². The van der Waals surface area contributed by atoms with E-state index in [-0.39, 0.29) is 21.1 Å². The van der Waals surface area contributed by atoms with Crippen molar-refractivity contribution < 1.29 is 21.1 Å². The van der Waals surface area contributed by atoms with Crippen LogP contribution in [0.2, 0.25) is 0 Å². The predicted octanol–water partition coefficient (Wildman–Crippen LogP) is 2.07. The summed E-state index contributed by atoms with van der Waals surface area (Å²) in [5.41, 5.74) is 0. The van der Waals surface area contributed by atoms with E-state index in [0.717, 1.165) is 6.42 Å². The molecule has 0 spiro atoms. The van der Waals surface area contributed by atoms with Gasteiger partial charge in [-0.2, -0.15) is 13.3 Å². The van der Waals surface area contributed by atoms with Crippen molar-refractivity contribution in [3.63, 3.8) is 0 Å². The Morgan fingerprint density at radius 3 is 1.33 bits per heavy atom. The molecule has 0 radical (unpaired) electrons. The molecule has 0 nitrogen and oxygen atoms in total. The molecule has 0 aliphatic carbocycles. The van der Waals surface area contributed by atoms with Crippen LogP contribution in [-0.4, -0.2) is 0 Å². The number of hydrogen-bond donors (Lipinski definition) is 0. The van der Waals surface area contributed by atoms with Gasteiger partial charge in [0, 0.05) is 0 Å². The van der Waals surface area contributed by atoms with E-state index in [1.807, 2.05) is 6.92 Å². The van der Waals surface area contributed by atoms with Crippen molar-refractivity contribution >= 4 is 0 Å². The third-order valence-corrected chi connectivity index (χ3v) is 0. The number of rotatable bonds is 0. The molecule has 0 saturated carbocycles. The summed E-state index contributed by atoms with van der Waals surface area (Å²) in [6, 6.07) is 0. The van der Waals surface area contributed by atoms with E-state index in [4.69, 9.17) is 0 Å². The van der Waals surface area contributed by atoms with E-state index < -0.39 is 0 Å². The Kier molecular flexibility index (Phi) is 116. The van der Waals surface area contributed by atoms with Gasteiger partial charge in [0.25, 0.3) is 0 Å². The average Bonchev–Trinajstić information content (AvgIpc) is 1.46. The van der Waals surface area contributed by atoms with Gasteiger partial charge in [-0.15, -0.1) is 0 Å². The second-order valence-corrected chi connectivity index (χ2v) is 0.500. The summed E-state index contributed by atoms with van der Waals surface area (Å²) in [6.45, 7) is 10.5. The van der Waals surface area contributed by atoms with Crippen LogP contribution in [0.5, 0.6) is 0 Å². The van der Waals surface area contributed by atoms with Gasteiger partial charge in [-0.3, -0.25) is 0 Å². The molecule has 0 atom stereocenters. The summed E-state index contributed by atoms with van der Waals surface area (Å²) < 4.78 is 0. The average molecular weight is 267 g/mol. The van der Waals surface area contributed by atoms with Crippen LogP contribution in [0, 0.1) is 13.8 Å². The van der Waals surface area contributed by atoms with Crippen LogP contribution >= 0.6 is 0 Å². The van der Waals surface area contributed by atoms with Gasteiger partial charge >= 0.3 is 21.1 Å². The Labute approximate surface area is 55.6 Å². The largest absolute Gasteiger partial charge is 2.00 e. The maximum atomic E-state index is 3.49. The Bertz CT molecular complexity index is 3.90. The SMILES string of the molecule is [CH2-]C.[CH2-]CC.[Pt+2]. The smallest absolute Gasteiger partial charge is 0.346 e. The third-order valence-electron chi connectivity index (χ3n) is 0. The first-order valence-corrected chi connectivity index (χ1v) is 1.91. The van der Waals surface area contributed by atoms with Gasteiger partial charge < -0.3 is 13.8 Å². The molecule has 0 aromatic rings. The van der Waals surface area contributed by atoms with Crippen molar-refractivity contribution in [1.29, 1.82) is 0 Å². The standard InChI is InChI=1S/C3H7.C2H5.Pt/c1-3-2;1-2;/h1,3H2,2H3;1H2,2H3;/q2*-1;+2. The molecule has 6 heavy (non-hydrogen) atoms. The van der Waals surface area contributed by atoms with Crippen molar-refractivity contribution in [2.75, 3.05) is 0 Å². The van der Waals surface area contributed by atoms with Crippen LogP contribution < -0.4 is 0 Å². The molecule has 0 unspecified atom stereocenters. The quantitative estimate of drug-likeness (QED) is 0.589. The summed E-state index contributed by atoms with van der Waals surface area (Å²) in [5.74, 6) is 0. The van der Waals surface area contributed by atoms with Crippen LogP contribution in [0.4, 0.5) is 0 Å². The molecule has 0 bridgehead atoms. The predicted molar refractivity (Wildman–Crippen MR) is 26.7 cm³/mol. The summed E-state index contributed by atoms with van der Waals surface area (Å²) in [6.07, 6.45) is 1.00. The van der Waals surface area contributed by atoms with E-state index in [1.54, 1.807) is 6.92 Å². The molecule has 42 valence electrons. The van der Waals surface area contributed by atoms with Crippen LogP contribution in [0.3, 0.4) is 0 Å². The van der Waals surface area contributed by atoms with Crippen LogP contribution in [-0.2, 0) is 21.1 Å². The maximum absolute atomic E-state index is 3.49. The molecule has 0 amide bonds. The van der Waals surface area contributed by atoms with Crippen molar-refractivity contribution in [3.05, 3.63) is 13.8 Å². The second-order valence-electron chi connectivity index (χ2n) is 0.500. The Balaban J connectivity index is -0.0000000275. The maximum Gasteiger partial charge on any atom is 2.00 e. The van der Waals surface area contributed by atoms with Gasteiger partial charge in [0.05, 0.1) is 0 Å². The van der Waals surface area contributed by atoms with Gasteiger partial charge in [0.15, 0.2) is 0 Å². The van der Waals surface area contributed by atoms with Crippen LogP contribution in [0.25, 0.3) is 0 Å². The Morgan fingerprint density at radius 2 is 1.33 bits per heavy atom. The minimum absolute atomic E-state index is 0. The molecular weight excluding hydrogens is 255 g/mol. The summed E-state index contributed by atoms with van der Waals surface area (Å²) >= 11 is 0. The molecule has 0 rings (SSSR count). The molecule has 0 saturated heterocycles. The van der Waals surface area contributed by atoms with Gasteiger partial charge in [0.2, 0.25) is 0 Å². The second kappa shape index (κ2) is 43.9. The normalized spacial score (nSPS) is 4.00. The first kappa shape index (κ1) is 15.9. The van der Waals surface area contributed by atoms with Crippen molar-refractivity contribution in [1.82, 2.24) is 0 Å². The summed E-state index contributed by atoms with van der Waals surface area (Å²) in [5, 5.41) is 0. The first-order valence-electron chi connectivity index (χ1n) is 1.91. The van der Waals surface area contributed by atoms with Crippen molar-refractivity contribution in [2.45, 2.75) is 20.3 Å². The van der Waals surface area contributed by atoms with E-state index in [9.17, 15) is 0 Å². The number of hydrogen-bond acceptors (Lipinski definition) is 0. The van der Waals surface area contributed by atoms with Gasteiger partial charge in [-0.1, -0.05) is 6.92 Å². The topological polar surface area (TPSA) is 0 Å². The van der Waals surface area contributed by atoms with Crippen molar-refractivity contribution in [2.24, 2.45) is 0 Å². The van der Waals surface area contributed by atoms with Gasteiger partial charge in [-0.05, 0) is 0 Å². The van der Waals surface area contributed by atoms with E-state index >= 15 is 0 Å². The van der Waals surface area contributed by atoms with E-state index in [0.29, 0.717) is 0 Å². The van der Waals surface area contributed by atoms with Crippen molar-refractivity contribution in [3.8, 4) is 0 Å². The zero-order valence-electron chi connectivity index (χ0n) is 4.44. The minimum atomic E-state index is 0. The van der Waals surface area contributed by atoms with E-state index in [2.05, 4.69) is 13.8 Å². The Hall–Kier alpha value is 0.688.